The lowest BCUT2D eigenvalue weighted by atomic mass is 9.86. The maximum Gasteiger partial charge on any atom is 0.325 e. The van der Waals surface area contributed by atoms with Crippen LogP contribution in [0.1, 0.15) is 71.1 Å². The largest absolute Gasteiger partial charge is 0.456 e. The molecule has 4 amide bonds. The molecule has 1 heterocycles. The van der Waals surface area contributed by atoms with E-state index < -0.39 is 11.5 Å². The summed E-state index contributed by atoms with van der Waals surface area (Å²) in [4.78, 5) is 49.7. The fourth-order valence-corrected chi connectivity index (χ4v) is 4.58. The van der Waals surface area contributed by atoms with Crippen molar-refractivity contribution in [2.75, 3.05) is 13.2 Å². The first-order chi connectivity index (χ1) is 13.4. The highest BCUT2D eigenvalue weighted by Gasteiger charge is 2.52. The molecule has 0 aromatic carbocycles. The maximum atomic E-state index is 12.5. The molecule has 2 aliphatic carbocycles. The minimum atomic E-state index is -0.716. The van der Waals surface area contributed by atoms with Crippen molar-refractivity contribution in [1.82, 2.24) is 15.5 Å². The molecule has 28 heavy (non-hydrogen) atoms. The molecular weight excluding hydrogens is 362 g/mol. The number of urea groups is 1. The third-order valence-corrected chi connectivity index (χ3v) is 6.29. The normalized spacial score (nSPS) is 26.4. The van der Waals surface area contributed by atoms with Crippen LogP contribution in [0.5, 0.6) is 0 Å². The van der Waals surface area contributed by atoms with Crippen molar-refractivity contribution in [2.24, 2.45) is 5.92 Å². The fourth-order valence-electron chi connectivity index (χ4n) is 4.58. The Morgan fingerprint density at radius 3 is 2.61 bits per heavy atom. The molecule has 0 radical (unpaired) electrons. The first-order valence-corrected chi connectivity index (χ1v) is 10.5. The topological polar surface area (TPSA) is 105 Å². The Hall–Kier alpha value is -2.12. The lowest BCUT2D eigenvalue weighted by Crippen LogP contribution is -2.44. The zero-order valence-corrected chi connectivity index (χ0v) is 16.6. The standard InChI is InChI=1S/C20H31N3O5/c1-14-7-2-3-8-15(14)21-16(24)13-28-17(25)9-6-12-23-18(26)20(22-19(23)27)10-4-5-11-20/h14-15H,2-13H2,1H3,(H,21,24)(H,22,27)/t14-,15-/m1/s1. The summed E-state index contributed by atoms with van der Waals surface area (Å²) in [6, 6.07) is -0.219. The van der Waals surface area contributed by atoms with Crippen molar-refractivity contribution in [3.05, 3.63) is 0 Å². The summed E-state index contributed by atoms with van der Waals surface area (Å²) in [7, 11) is 0. The van der Waals surface area contributed by atoms with Crippen LogP contribution in [0.2, 0.25) is 0 Å². The highest BCUT2D eigenvalue weighted by atomic mass is 16.5. The minimum Gasteiger partial charge on any atom is -0.456 e. The van der Waals surface area contributed by atoms with E-state index in [0.717, 1.165) is 32.1 Å². The molecule has 8 nitrogen and oxygen atoms in total. The molecule has 1 spiro atoms. The molecule has 2 atom stereocenters. The average Bonchev–Trinajstić information content (AvgIpc) is 3.22. The quantitative estimate of drug-likeness (QED) is 0.507. The first kappa shape index (κ1) is 20.6. The lowest BCUT2D eigenvalue weighted by Gasteiger charge is -2.29. The first-order valence-electron chi connectivity index (χ1n) is 10.5. The van der Waals surface area contributed by atoms with E-state index in [1.165, 1.54) is 11.3 Å². The van der Waals surface area contributed by atoms with Gasteiger partial charge in [0, 0.05) is 19.0 Å². The van der Waals surface area contributed by atoms with E-state index in [1.807, 2.05) is 0 Å². The third kappa shape index (κ3) is 4.64. The average molecular weight is 393 g/mol. The number of nitrogens with one attached hydrogen (secondary N) is 2. The number of imide groups is 1. The second-order valence-electron chi connectivity index (χ2n) is 8.38. The molecule has 1 saturated heterocycles. The van der Waals surface area contributed by atoms with E-state index in [2.05, 4.69) is 17.6 Å². The maximum absolute atomic E-state index is 12.5. The van der Waals surface area contributed by atoms with Gasteiger partial charge in [-0.1, -0.05) is 32.6 Å². The smallest absolute Gasteiger partial charge is 0.325 e. The van der Waals surface area contributed by atoms with E-state index in [4.69, 9.17) is 4.74 Å². The van der Waals surface area contributed by atoms with Gasteiger partial charge in [0.2, 0.25) is 0 Å². The predicted molar refractivity (Wildman–Crippen MR) is 101 cm³/mol. The van der Waals surface area contributed by atoms with Crippen molar-refractivity contribution in [1.29, 1.82) is 0 Å². The van der Waals surface area contributed by atoms with Gasteiger partial charge < -0.3 is 15.4 Å². The number of nitrogens with zero attached hydrogens (tertiary/aromatic N) is 1. The Morgan fingerprint density at radius 1 is 1.18 bits per heavy atom. The van der Waals surface area contributed by atoms with Crippen molar-refractivity contribution < 1.29 is 23.9 Å². The van der Waals surface area contributed by atoms with Crippen molar-refractivity contribution in [3.8, 4) is 0 Å². The molecule has 3 fully saturated rings. The van der Waals surface area contributed by atoms with E-state index in [-0.39, 0.29) is 43.5 Å². The number of rotatable bonds is 7. The molecule has 3 aliphatic rings. The van der Waals surface area contributed by atoms with Gasteiger partial charge in [-0.25, -0.2) is 4.79 Å². The molecule has 156 valence electrons. The molecule has 3 rings (SSSR count). The van der Waals surface area contributed by atoms with Gasteiger partial charge in [-0.3, -0.25) is 19.3 Å². The highest BCUT2D eigenvalue weighted by Crippen LogP contribution is 2.35. The SMILES string of the molecule is C[C@@H]1CCCC[C@H]1NC(=O)COC(=O)CCCN1C(=O)NC2(CCCC2)C1=O. The lowest BCUT2D eigenvalue weighted by molar-refractivity contribution is -0.149. The zero-order chi connectivity index (χ0) is 20.1. The molecule has 0 bridgehead atoms. The zero-order valence-electron chi connectivity index (χ0n) is 16.6. The van der Waals surface area contributed by atoms with Gasteiger partial charge in [-0.15, -0.1) is 0 Å². The number of ether oxygens (including phenoxy) is 1. The Labute approximate surface area is 165 Å². The van der Waals surface area contributed by atoms with Gasteiger partial charge in [-0.05, 0) is 38.0 Å². The summed E-state index contributed by atoms with van der Waals surface area (Å²) >= 11 is 0. The van der Waals surface area contributed by atoms with Crippen LogP contribution in [0, 0.1) is 5.92 Å². The number of amides is 4. The van der Waals surface area contributed by atoms with Gasteiger partial charge in [0.15, 0.2) is 6.61 Å². The van der Waals surface area contributed by atoms with E-state index in [0.29, 0.717) is 25.2 Å². The van der Waals surface area contributed by atoms with Crippen molar-refractivity contribution >= 4 is 23.8 Å². The molecular formula is C20H31N3O5. The minimum absolute atomic E-state index is 0.0666. The second kappa shape index (κ2) is 8.92. The summed E-state index contributed by atoms with van der Waals surface area (Å²) in [6.45, 7) is 2.03. The molecule has 1 aliphatic heterocycles. The van der Waals surface area contributed by atoms with Gasteiger partial charge in [-0.2, -0.15) is 0 Å². The van der Waals surface area contributed by atoms with E-state index in [1.54, 1.807) is 0 Å². The Morgan fingerprint density at radius 2 is 1.89 bits per heavy atom. The number of hydrogen-bond donors (Lipinski definition) is 2. The number of carbonyl (C=O) groups excluding carboxylic acids is 4. The van der Waals surface area contributed by atoms with Crippen LogP contribution >= 0.6 is 0 Å². The molecule has 8 heteroatoms. The number of esters is 1. The van der Waals surface area contributed by atoms with Crippen LogP contribution in [0.3, 0.4) is 0 Å². The monoisotopic (exact) mass is 393 g/mol. The van der Waals surface area contributed by atoms with Crippen LogP contribution in [0.4, 0.5) is 4.79 Å². The van der Waals surface area contributed by atoms with Crippen LogP contribution in [0.25, 0.3) is 0 Å². The fraction of sp³-hybridized carbons (Fsp3) is 0.800. The molecule has 0 aromatic heterocycles. The Kier molecular flexibility index (Phi) is 6.57. The van der Waals surface area contributed by atoms with Crippen LogP contribution in [-0.2, 0) is 19.1 Å². The van der Waals surface area contributed by atoms with Gasteiger partial charge >= 0.3 is 12.0 Å². The number of carbonyl (C=O) groups is 4. The molecule has 0 unspecified atom stereocenters. The van der Waals surface area contributed by atoms with Crippen molar-refractivity contribution in [3.63, 3.8) is 0 Å². The molecule has 2 N–H and O–H groups in total. The van der Waals surface area contributed by atoms with E-state index >= 15 is 0 Å². The highest BCUT2D eigenvalue weighted by molar-refractivity contribution is 6.07. The summed E-state index contributed by atoms with van der Waals surface area (Å²) in [6.07, 6.45) is 8.02. The summed E-state index contributed by atoms with van der Waals surface area (Å²) in [5.74, 6) is -0.496. The summed E-state index contributed by atoms with van der Waals surface area (Å²) in [5, 5.41) is 5.76. The van der Waals surface area contributed by atoms with E-state index in [9.17, 15) is 19.2 Å². The molecule has 0 aromatic rings. The Balaban J connectivity index is 1.34. The summed E-state index contributed by atoms with van der Waals surface area (Å²) in [5.41, 5.74) is -0.716. The number of hydrogen-bond acceptors (Lipinski definition) is 5. The van der Waals surface area contributed by atoms with Gasteiger partial charge in [0.1, 0.15) is 5.54 Å². The third-order valence-electron chi connectivity index (χ3n) is 6.29. The van der Waals surface area contributed by atoms with Crippen LogP contribution in [-0.4, -0.2) is 53.4 Å². The second-order valence-corrected chi connectivity index (χ2v) is 8.38. The van der Waals surface area contributed by atoms with Crippen LogP contribution in [0.15, 0.2) is 0 Å². The molecule has 2 saturated carbocycles. The predicted octanol–water partition coefficient (Wildman–Crippen LogP) is 1.87. The van der Waals surface area contributed by atoms with Gasteiger partial charge in [0.05, 0.1) is 0 Å². The van der Waals surface area contributed by atoms with Gasteiger partial charge in [0.25, 0.3) is 11.8 Å². The van der Waals surface area contributed by atoms with Crippen LogP contribution < -0.4 is 10.6 Å². The van der Waals surface area contributed by atoms with Crippen molar-refractivity contribution in [2.45, 2.75) is 82.7 Å². The summed E-state index contributed by atoms with van der Waals surface area (Å²) < 4.78 is 5.04. The Bertz CT molecular complexity index is 629.